The third kappa shape index (κ3) is 3.61. The van der Waals surface area contributed by atoms with E-state index >= 15 is 0 Å². The Kier molecular flexibility index (Phi) is 5.06. The molecule has 3 amide bonds. The van der Waals surface area contributed by atoms with Gasteiger partial charge in [-0.25, -0.2) is 4.79 Å². The molecule has 1 aliphatic rings. The fourth-order valence-corrected chi connectivity index (χ4v) is 3.18. The van der Waals surface area contributed by atoms with E-state index in [0.717, 1.165) is 18.5 Å². The number of urea groups is 1. The fraction of sp³-hybridized carbons (Fsp3) is 0.316. The van der Waals surface area contributed by atoms with Crippen molar-refractivity contribution in [1.29, 1.82) is 0 Å². The molecule has 1 heterocycles. The number of nitrogens with two attached hydrogens (primary N) is 1. The zero-order valence-electron chi connectivity index (χ0n) is 14.8. The van der Waals surface area contributed by atoms with Crippen LogP contribution >= 0.6 is 0 Å². The van der Waals surface area contributed by atoms with E-state index in [4.69, 9.17) is 5.73 Å². The molecule has 3 rings (SSSR count). The maximum absolute atomic E-state index is 12.5. The molecule has 1 aromatic heterocycles. The van der Waals surface area contributed by atoms with Crippen LogP contribution in [0.1, 0.15) is 36.4 Å². The van der Waals surface area contributed by atoms with Gasteiger partial charge in [-0.3, -0.25) is 9.48 Å². The monoisotopic (exact) mass is 353 g/mol. The number of aromatic nitrogens is 2. The molecule has 3 N–H and O–H groups in total. The van der Waals surface area contributed by atoms with Gasteiger partial charge in [-0.05, 0) is 48.6 Å². The van der Waals surface area contributed by atoms with Crippen molar-refractivity contribution in [2.24, 2.45) is 12.8 Å². The topological polar surface area (TPSA) is 93.2 Å². The van der Waals surface area contributed by atoms with Gasteiger partial charge in [0.05, 0.1) is 18.4 Å². The Balaban J connectivity index is 1.93. The number of primary amides is 1. The van der Waals surface area contributed by atoms with E-state index in [1.54, 1.807) is 23.1 Å². The molecule has 0 spiro atoms. The van der Waals surface area contributed by atoms with Crippen LogP contribution in [-0.2, 0) is 18.4 Å². The van der Waals surface area contributed by atoms with Gasteiger partial charge < -0.3 is 16.0 Å². The molecule has 0 bridgehead atoms. The lowest BCUT2D eigenvalue weighted by molar-refractivity contribution is -0.114. The maximum Gasteiger partial charge on any atom is 0.316 e. The summed E-state index contributed by atoms with van der Waals surface area (Å²) in [5.74, 6) is 0.296. The molecule has 0 atom stereocenters. The normalized spacial score (nSPS) is 13.7. The minimum Gasteiger partial charge on any atom is -0.351 e. The first kappa shape index (κ1) is 17.7. The van der Waals surface area contributed by atoms with Crippen LogP contribution in [0.25, 0.3) is 0 Å². The van der Waals surface area contributed by atoms with E-state index in [9.17, 15) is 9.59 Å². The van der Waals surface area contributed by atoms with E-state index in [1.165, 1.54) is 18.1 Å². The van der Waals surface area contributed by atoms with Crippen molar-refractivity contribution in [3.8, 4) is 0 Å². The predicted octanol–water partition coefficient (Wildman–Crippen LogP) is 2.90. The first-order valence-corrected chi connectivity index (χ1v) is 8.61. The number of nitrogens with zero attached hydrogens (tertiary/aromatic N) is 3. The summed E-state index contributed by atoms with van der Waals surface area (Å²) in [6, 6.07) is 6.36. The van der Waals surface area contributed by atoms with Crippen LogP contribution in [0, 0.1) is 0 Å². The van der Waals surface area contributed by atoms with E-state index in [1.807, 2.05) is 24.0 Å². The number of hydrogen-bond donors (Lipinski definition) is 2. The van der Waals surface area contributed by atoms with Gasteiger partial charge in [0.15, 0.2) is 0 Å². The third-order valence-electron chi connectivity index (χ3n) is 4.81. The molecule has 1 saturated carbocycles. The molecule has 1 aromatic carbocycles. The van der Waals surface area contributed by atoms with Gasteiger partial charge >= 0.3 is 6.03 Å². The molecule has 0 unspecified atom stereocenters. The molecule has 1 fully saturated rings. The van der Waals surface area contributed by atoms with Crippen molar-refractivity contribution < 1.29 is 9.59 Å². The van der Waals surface area contributed by atoms with Crippen LogP contribution in [0.2, 0.25) is 0 Å². The molecule has 0 aliphatic heterocycles. The highest BCUT2D eigenvalue weighted by atomic mass is 16.2. The van der Waals surface area contributed by atoms with Crippen molar-refractivity contribution in [2.45, 2.75) is 31.7 Å². The highest BCUT2D eigenvalue weighted by molar-refractivity contribution is 6.01. The van der Waals surface area contributed by atoms with Gasteiger partial charge in [0.1, 0.15) is 0 Å². The van der Waals surface area contributed by atoms with E-state index in [-0.39, 0.29) is 5.91 Å². The average Bonchev–Trinajstić information content (AvgIpc) is 2.90. The minimum absolute atomic E-state index is 0.220. The zero-order valence-corrected chi connectivity index (χ0v) is 14.8. The van der Waals surface area contributed by atoms with E-state index < -0.39 is 6.03 Å². The van der Waals surface area contributed by atoms with E-state index in [2.05, 4.69) is 17.0 Å². The lowest BCUT2D eigenvalue weighted by Crippen LogP contribution is -2.30. The van der Waals surface area contributed by atoms with Gasteiger partial charge in [0.25, 0.3) is 5.91 Å². The van der Waals surface area contributed by atoms with Crippen molar-refractivity contribution >= 4 is 23.3 Å². The average molecular weight is 353 g/mol. The highest BCUT2D eigenvalue weighted by Crippen LogP contribution is 2.38. The first-order valence-electron chi connectivity index (χ1n) is 8.61. The molecule has 0 saturated heterocycles. The van der Waals surface area contributed by atoms with Crippen LogP contribution in [0.4, 0.5) is 16.2 Å². The number of rotatable bonds is 6. The number of carbonyl (C=O) groups excluding carboxylic acids is 2. The third-order valence-corrected chi connectivity index (χ3v) is 4.81. The van der Waals surface area contributed by atoms with Crippen LogP contribution < -0.4 is 16.0 Å². The van der Waals surface area contributed by atoms with Gasteiger partial charge in [0.2, 0.25) is 0 Å². The number of hydrogen-bond acceptors (Lipinski definition) is 3. The molecule has 26 heavy (non-hydrogen) atoms. The first-order chi connectivity index (χ1) is 12.5. The largest absolute Gasteiger partial charge is 0.351 e. The Hall–Kier alpha value is -3.09. The van der Waals surface area contributed by atoms with Crippen LogP contribution in [0.5, 0.6) is 0 Å². The number of anilines is 2. The van der Waals surface area contributed by atoms with Crippen molar-refractivity contribution in [3.05, 3.63) is 54.4 Å². The van der Waals surface area contributed by atoms with Crippen molar-refractivity contribution in [1.82, 2.24) is 9.78 Å². The summed E-state index contributed by atoms with van der Waals surface area (Å²) < 4.78 is 1.82. The number of benzene rings is 1. The number of amides is 3. The van der Waals surface area contributed by atoms with Gasteiger partial charge in [-0.15, -0.1) is 0 Å². The number of aryl methyl sites for hydroxylation is 1. The van der Waals surface area contributed by atoms with Gasteiger partial charge in [0, 0.05) is 18.4 Å². The molecule has 2 aromatic rings. The summed E-state index contributed by atoms with van der Waals surface area (Å²) in [6.45, 7) is 3.99. The Bertz CT molecular complexity index is 838. The molecule has 1 aliphatic carbocycles. The Morgan fingerprint density at radius 1 is 1.46 bits per heavy atom. The fourth-order valence-electron chi connectivity index (χ4n) is 3.18. The summed E-state index contributed by atoms with van der Waals surface area (Å²) in [6.07, 6.45) is 6.74. The van der Waals surface area contributed by atoms with Gasteiger partial charge in [-0.2, -0.15) is 5.10 Å². The quantitative estimate of drug-likeness (QED) is 0.782. The summed E-state index contributed by atoms with van der Waals surface area (Å²) in [4.78, 5) is 25.2. The van der Waals surface area contributed by atoms with Crippen molar-refractivity contribution in [3.63, 3.8) is 0 Å². The predicted molar refractivity (Wildman–Crippen MR) is 101 cm³/mol. The smallest absolute Gasteiger partial charge is 0.316 e. The molecule has 0 radical (unpaired) electrons. The van der Waals surface area contributed by atoms with Crippen LogP contribution in [-0.4, -0.2) is 21.7 Å². The molecule has 136 valence electrons. The Labute approximate surface area is 152 Å². The number of carbonyl (C=O) groups is 2. The SMILES string of the molecule is C=CC(=O)N(Cc1c(C2CCC2)cnn1C)c1cccc(NC(N)=O)c1. The number of nitrogens with one attached hydrogen (secondary N) is 1. The standard InChI is InChI=1S/C19H23N5O2/c1-3-18(25)24(15-9-5-8-14(10-15)22-19(20)26)12-17-16(11-21-23(17)2)13-6-4-7-13/h3,5,8-11,13H,1,4,6-7,12H2,2H3,(H3,20,22,26). The minimum atomic E-state index is -0.650. The lowest BCUT2D eigenvalue weighted by atomic mass is 9.80. The summed E-state index contributed by atoms with van der Waals surface area (Å²) >= 11 is 0. The molecule has 7 nitrogen and oxygen atoms in total. The lowest BCUT2D eigenvalue weighted by Gasteiger charge is -2.28. The Morgan fingerprint density at radius 3 is 2.85 bits per heavy atom. The second-order valence-corrected chi connectivity index (χ2v) is 6.47. The second kappa shape index (κ2) is 7.43. The zero-order chi connectivity index (χ0) is 18.7. The summed E-state index contributed by atoms with van der Waals surface area (Å²) in [5, 5.41) is 6.92. The summed E-state index contributed by atoms with van der Waals surface area (Å²) in [5.41, 5.74) is 8.58. The van der Waals surface area contributed by atoms with Gasteiger partial charge in [-0.1, -0.05) is 19.1 Å². The van der Waals surface area contributed by atoms with Crippen LogP contribution in [0.3, 0.4) is 0 Å². The maximum atomic E-state index is 12.5. The molecular formula is C19H23N5O2. The molecule has 7 heteroatoms. The van der Waals surface area contributed by atoms with Crippen molar-refractivity contribution in [2.75, 3.05) is 10.2 Å². The summed E-state index contributed by atoms with van der Waals surface area (Å²) in [7, 11) is 1.89. The molecular weight excluding hydrogens is 330 g/mol. The Morgan fingerprint density at radius 2 is 2.23 bits per heavy atom. The van der Waals surface area contributed by atoms with Crippen LogP contribution in [0.15, 0.2) is 43.1 Å². The highest BCUT2D eigenvalue weighted by Gasteiger charge is 2.26. The second-order valence-electron chi connectivity index (χ2n) is 6.47. The van der Waals surface area contributed by atoms with E-state index in [0.29, 0.717) is 23.8 Å².